The number of hydrogen-bond acceptors (Lipinski definition) is 2. The molecule has 0 radical (unpaired) electrons. The Bertz CT molecular complexity index is 260. The van der Waals surface area contributed by atoms with Gasteiger partial charge in [-0.3, -0.25) is 0 Å². The summed E-state index contributed by atoms with van der Waals surface area (Å²) >= 11 is -1.26. The molecular formula is C7H9AsN2O. The van der Waals surface area contributed by atoms with Crippen LogP contribution in [0.25, 0.3) is 0 Å². The maximum absolute atomic E-state index is 11.1. The molecule has 1 aromatic carbocycles. The summed E-state index contributed by atoms with van der Waals surface area (Å²) in [7, 11) is 0. The summed E-state index contributed by atoms with van der Waals surface area (Å²) in [6.45, 7) is 0. The summed E-state index contributed by atoms with van der Waals surface area (Å²) in [6, 6.07) is 8.95. The van der Waals surface area contributed by atoms with Crippen LogP contribution in [0.4, 0.5) is 0 Å². The van der Waals surface area contributed by atoms with E-state index in [1.807, 2.05) is 18.2 Å². The van der Waals surface area contributed by atoms with Crippen LogP contribution in [0.3, 0.4) is 0 Å². The van der Waals surface area contributed by atoms with Crippen LogP contribution in [-0.4, -0.2) is 21.7 Å². The van der Waals surface area contributed by atoms with Gasteiger partial charge in [0.15, 0.2) is 0 Å². The molecule has 1 rings (SSSR count). The van der Waals surface area contributed by atoms with Crippen molar-refractivity contribution in [1.82, 2.24) is 4.23 Å². The van der Waals surface area contributed by atoms with Gasteiger partial charge in [-0.05, 0) is 0 Å². The first-order valence-electron chi connectivity index (χ1n) is 3.19. The Balaban J connectivity index is 2.77. The number of rotatable bonds is 2. The van der Waals surface area contributed by atoms with Gasteiger partial charge in [-0.25, -0.2) is 0 Å². The van der Waals surface area contributed by atoms with Crippen LogP contribution < -0.4 is 4.23 Å². The van der Waals surface area contributed by atoms with Crippen LogP contribution in [-0.2, 0) is 0 Å². The van der Waals surface area contributed by atoms with Gasteiger partial charge in [0.2, 0.25) is 0 Å². The minimum atomic E-state index is -1.26. The van der Waals surface area contributed by atoms with E-state index in [0.717, 1.165) is 0 Å². The average molecular weight is 212 g/mol. The topological polar surface area (TPSA) is 53.0 Å². The van der Waals surface area contributed by atoms with Crippen LogP contribution in [0.2, 0.25) is 0 Å². The summed E-state index contributed by atoms with van der Waals surface area (Å²) in [5, 5.41) is 0. The first-order valence-corrected chi connectivity index (χ1v) is 5.61. The van der Waals surface area contributed by atoms with Crippen molar-refractivity contribution in [3.8, 4) is 0 Å². The minimum absolute atomic E-state index is 0.124. The molecular weight excluding hydrogens is 203 g/mol. The number of benzene rings is 1. The van der Waals surface area contributed by atoms with Crippen molar-refractivity contribution in [1.29, 1.82) is 4.28 Å². The first kappa shape index (κ1) is 8.15. The predicted octanol–water partition coefficient (Wildman–Crippen LogP) is 0.263. The Morgan fingerprint density at radius 3 is 2.55 bits per heavy atom. The first-order chi connectivity index (χ1) is 5.34. The fourth-order valence-corrected chi connectivity index (χ4v) is 1.36. The van der Waals surface area contributed by atoms with E-state index in [1.165, 1.54) is 0 Å². The summed E-state index contributed by atoms with van der Waals surface area (Å²) in [6.07, 6.45) is 0. The van der Waals surface area contributed by atoms with E-state index < -0.39 is 15.8 Å². The molecule has 0 saturated heterocycles. The van der Waals surface area contributed by atoms with Crippen LogP contribution in [0.15, 0.2) is 30.3 Å². The third kappa shape index (κ3) is 2.28. The number of carbonyl (C=O) groups excluding carboxylic acids is 1. The predicted molar refractivity (Wildman–Crippen MR) is 45.2 cm³/mol. The Morgan fingerprint density at radius 2 is 2.00 bits per heavy atom. The quantitative estimate of drug-likeness (QED) is 0.679. The number of hydrogen-bond donors (Lipinski definition) is 2. The standard InChI is InChI=1S/C7H9AsN2O/c9-8-10-7(11)6-4-2-1-3-5-6/h1-5H,8H2,(H2,9,10,11). The molecule has 2 N–H and O–H groups in total. The van der Waals surface area contributed by atoms with Gasteiger partial charge in [-0.2, -0.15) is 0 Å². The van der Waals surface area contributed by atoms with Crippen molar-refractivity contribution in [2.75, 3.05) is 0 Å². The monoisotopic (exact) mass is 212 g/mol. The van der Waals surface area contributed by atoms with Gasteiger partial charge in [0, 0.05) is 0 Å². The summed E-state index contributed by atoms with van der Waals surface area (Å²) in [5.74, 6) is -0.124. The zero-order valence-corrected chi connectivity index (χ0v) is 8.29. The number of carbonyl (C=O) groups is 1. The van der Waals surface area contributed by atoms with Crippen molar-refractivity contribution >= 4 is 21.7 Å². The molecule has 0 heterocycles. The van der Waals surface area contributed by atoms with E-state index in [9.17, 15) is 4.79 Å². The Hall–Kier alpha value is -0.952. The van der Waals surface area contributed by atoms with E-state index in [0.29, 0.717) is 5.56 Å². The van der Waals surface area contributed by atoms with Crippen LogP contribution in [0, 0.1) is 4.28 Å². The fraction of sp³-hybridized carbons (Fsp3) is 0. The van der Waals surface area contributed by atoms with Gasteiger partial charge in [0.05, 0.1) is 0 Å². The third-order valence-corrected chi connectivity index (χ3v) is 2.09. The molecule has 0 aliphatic carbocycles. The maximum atomic E-state index is 11.1. The van der Waals surface area contributed by atoms with Gasteiger partial charge in [0.25, 0.3) is 0 Å². The molecule has 0 saturated carbocycles. The van der Waals surface area contributed by atoms with E-state index in [2.05, 4.69) is 4.23 Å². The summed E-state index contributed by atoms with van der Waals surface area (Å²) in [5.41, 5.74) is 0.636. The van der Waals surface area contributed by atoms with Crippen molar-refractivity contribution in [2.24, 2.45) is 0 Å². The van der Waals surface area contributed by atoms with E-state index in [4.69, 9.17) is 4.28 Å². The molecule has 0 aliphatic heterocycles. The van der Waals surface area contributed by atoms with Gasteiger partial charge in [-0.15, -0.1) is 0 Å². The normalized spacial score (nSPS) is 10.2. The third-order valence-electron chi connectivity index (χ3n) is 1.24. The molecule has 0 bridgehead atoms. The van der Waals surface area contributed by atoms with Crippen LogP contribution >= 0.6 is 0 Å². The molecule has 1 aromatic rings. The number of amides is 1. The van der Waals surface area contributed by atoms with E-state index in [1.54, 1.807) is 12.1 Å². The molecule has 1 atom stereocenters. The molecule has 58 valence electrons. The van der Waals surface area contributed by atoms with Crippen molar-refractivity contribution < 1.29 is 4.79 Å². The van der Waals surface area contributed by atoms with E-state index in [-0.39, 0.29) is 5.91 Å². The Kier molecular flexibility index (Phi) is 2.99. The van der Waals surface area contributed by atoms with Gasteiger partial charge in [-0.1, -0.05) is 0 Å². The average Bonchev–Trinajstić information content (AvgIpc) is 2.07. The molecule has 0 aromatic heterocycles. The van der Waals surface area contributed by atoms with E-state index >= 15 is 0 Å². The summed E-state index contributed by atoms with van der Waals surface area (Å²) in [4.78, 5) is 11.1. The molecule has 0 aliphatic rings. The summed E-state index contributed by atoms with van der Waals surface area (Å²) < 4.78 is 9.45. The molecule has 11 heavy (non-hydrogen) atoms. The van der Waals surface area contributed by atoms with Crippen LogP contribution in [0.5, 0.6) is 0 Å². The second kappa shape index (κ2) is 4.04. The molecule has 4 heteroatoms. The van der Waals surface area contributed by atoms with Gasteiger partial charge < -0.3 is 0 Å². The van der Waals surface area contributed by atoms with Gasteiger partial charge in [0.1, 0.15) is 0 Å². The van der Waals surface area contributed by atoms with Crippen molar-refractivity contribution in [3.05, 3.63) is 35.9 Å². The second-order valence-corrected chi connectivity index (χ2v) is 3.20. The van der Waals surface area contributed by atoms with Gasteiger partial charge >= 0.3 is 70.9 Å². The molecule has 0 spiro atoms. The van der Waals surface area contributed by atoms with Crippen LogP contribution in [0.1, 0.15) is 10.4 Å². The SMILES string of the molecule is N=[AsH2]NC(=O)c1ccccc1. The molecule has 3 nitrogen and oxygen atoms in total. The number of nitrogens with one attached hydrogen (secondary N) is 2. The fourth-order valence-electron chi connectivity index (χ4n) is 0.738. The Morgan fingerprint density at radius 1 is 1.36 bits per heavy atom. The van der Waals surface area contributed by atoms with Crippen molar-refractivity contribution in [3.63, 3.8) is 0 Å². The molecule has 1 unspecified atom stereocenters. The molecule has 0 fully saturated rings. The second-order valence-electron chi connectivity index (χ2n) is 1.98. The zero-order valence-electron chi connectivity index (χ0n) is 5.87. The zero-order chi connectivity index (χ0) is 8.10. The van der Waals surface area contributed by atoms with Crippen molar-refractivity contribution in [2.45, 2.75) is 0 Å². The molecule has 1 amide bonds. The Labute approximate surface area is 71.3 Å².